The highest BCUT2D eigenvalue weighted by Gasteiger charge is 2.72. The molecule has 8 nitrogen and oxygen atoms in total. The molecule has 37 heavy (non-hydrogen) atoms. The van der Waals surface area contributed by atoms with Gasteiger partial charge in [0.2, 0.25) is 17.7 Å². The number of hydrogen-bond acceptors (Lipinski definition) is 5. The second-order valence-electron chi connectivity index (χ2n) is 11.3. The van der Waals surface area contributed by atoms with E-state index in [1.807, 2.05) is 43.3 Å². The number of nitrogens with zero attached hydrogens (tertiary/aromatic N) is 1. The lowest BCUT2D eigenvalue weighted by Gasteiger charge is -2.38. The molecular formula is C29H39N3O5. The van der Waals surface area contributed by atoms with Crippen LogP contribution in [0.1, 0.15) is 45.1 Å². The summed E-state index contributed by atoms with van der Waals surface area (Å²) in [5, 5.41) is 6.27. The second kappa shape index (κ2) is 10.2. The fraction of sp³-hybridized carbons (Fsp3) is 0.621. The van der Waals surface area contributed by atoms with Crippen LogP contribution in [0.3, 0.4) is 0 Å². The van der Waals surface area contributed by atoms with Gasteiger partial charge in [-0.3, -0.25) is 14.4 Å². The molecule has 3 aliphatic heterocycles. The molecule has 2 bridgehead atoms. The highest BCUT2D eigenvalue weighted by Crippen LogP contribution is 2.55. The van der Waals surface area contributed by atoms with Gasteiger partial charge in [-0.15, -0.1) is 0 Å². The number of likely N-dealkylation sites (tertiary alicyclic amines) is 1. The van der Waals surface area contributed by atoms with Crippen LogP contribution in [0.15, 0.2) is 36.4 Å². The van der Waals surface area contributed by atoms with Gasteiger partial charge in [-0.1, -0.05) is 51.0 Å². The third-order valence-electron chi connectivity index (χ3n) is 8.99. The summed E-state index contributed by atoms with van der Waals surface area (Å²) in [5.41, 5.74) is 0.572. The standard InChI is InChI=1S/C29H39N3O5/c1-17-8-5-10-20(16-17)30-26(33)23-22-12-13-29(37-22)24(23)28(35)32(14-7-15-36-4)25(29)27(34)31-21-11-6-9-18(2)19(21)3/h5,8,10,12-13,16,18-19,21-25H,6-7,9,11,14-15H2,1-4H3,(H,30,33)(H,31,34)/t18-,19+,21+,22+,23+,24+,25-,29-/m0/s1. The first kappa shape index (κ1) is 25.9. The summed E-state index contributed by atoms with van der Waals surface area (Å²) in [6.07, 6.45) is 6.95. The molecule has 0 radical (unpaired) electrons. The summed E-state index contributed by atoms with van der Waals surface area (Å²) in [6, 6.07) is 6.82. The summed E-state index contributed by atoms with van der Waals surface area (Å²) in [7, 11) is 1.62. The van der Waals surface area contributed by atoms with E-state index in [4.69, 9.17) is 9.47 Å². The Morgan fingerprint density at radius 1 is 1.22 bits per heavy atom. The Balaban J connectivity index is 1.42. The van der Waals surface area contributed by atoms with Gasteiger partial charge in [0.25, 0.3) is 0 Å². The van der Waals surface area contributed by atoms with Crippen molar-refractivity contribution >= 4 is 23.4 Å². The molecule has 2 saturated heterocycles. The SMILES string of the molecule is COCCCN1C(=O)[C@H]2[C@H](C(=O)Nc3cccc(C)c3)[C@H]3C=C[C@@]2(O3)[C@@H]1C(=O)N[C@@H]1CCC[C@H](C)[C@H]1C. The lowest BCUT2D eigenvalue weighted by Crippen LogP contribution is -2.58. The number of carbonyl (C=O) groups excluding carboxylic acids is 3. The fourth-order valence-electron chi connectivity index (χ4n) is 6.88. The monoisotopic (exact) mass is 509 g/mol. The van der Waals surface area contributed by atoms with Gasteiger partial charge in [0.1, 0.15) is 11.6 Å². The molecule has 4 aliphatic rings. The van der Waals surface area contributed by atoms with Crippen molar-refractivity contribution in [3.8, 4) is 0 Å². The Labute approximate surface area is 219 Å². The van der Waals surface area contributed by atoms with Gasteiger partial charge in [0.15, 0.2) is 0 Å². The summed E-state index contributed by atoms with van der Waals surface area (Å²) in [6.45, 7) is 7.23. The average Bonchev–Trinajstić information content (AvgIpc) is 3.50. The normalized spacial score (nSPS) is 36.1. The highest BCUT2D eigenvalue weighted by atomic mass is 16.5. The number of methoxy groups -OCH3 is 1. The molecule has 200 valence electrons. The van der Waals surface area contributed by atoms with Gasteiger partial charge >= 0.3 is 0 Å². The number of amides is 3. The van der Waals surface area contributed by atoms with E-state index in [1.54, 1.807) is 12.0 Å². The van der Waals surface area contributed by atoms with Crippen LogP contribution in [-0.4, -0.2) is 66.7 Å². The zero-order valence-electron chi connectivity index (χ0n) is 22.2. The zero-order valence-corrected chi connectivity index (χ0v) is 22.2. The van der Waals surface area contributed by atoms with Crippen molar-refractivity contribution in [3.63, 3.8) is 0 Å². The van der Waals surface area contributed by atoms with Crippen LogP contribution in [0.5, 0.6) is 0 Å². The number of anilines is 1. The van der Waals surface area contributed by atoms with Crippen LogP contribution in [0.4, 0.5) is 5.69 Å². The van der Waals surface area contributed by atoms with E-state index in [-0.39, 0.29) is 23.8 Å². The Kier molecular flexibility index (Phi) is 7.16. The first-order valence-electron chi connectivity index (χ1n) is 13.6. The minimum atomic E-state index is -1.14. The molecule has 1 aliphatic carbocycles. The lowest BCUT2D eigenvalue weighted by atomic mass is 9.73. The predicted octanol–water partition coefficient (Wildman–Crippen LogP) is 3.06. The minimum absolute atomic E-state index is 0.0608. The molecule has 1 saturated carbocycles. The van der Waals surface area contributed by atoms with Crippen LogP contribution in [0.2, 0.25) is 0 Å². The maximum atomic E-state index is 13.9. The van der Waals surface area contributed by atoms with Crippen molar-refractivity contribution in [3.05, 3.63) is 42.0 Å². The third-order valence-corrected chi connectivity index (χ3v) is 8.99. The summed E-state index contributed by atoms with van der Waals surface area (Å²) in [5.74, 6) is -1.20. The first-order valence-corrected chi connectivity index (χ1v) is 13.6. The van der Waals surface area contributed by atoms with Crippen LogP contribution >= 0.6 is 0 Å². The van der Waals surface area contributed by atoms with Crippen molar-refractivity contribution in [1.29, 1.82) is 0 Å². The number of rotatable bonds is 8. The molecule has 0 unspecified atom stereocenters. The quantitative estimate of drug-likeness (QED) is 0.415. The largest absolute Gasteiger partial charge is 0.385 e. The third kappa shape index (κ3) is 4.48. The van der Waals surface area contributed by atoms with Gasteiger partial charge in [-0.2, -0.15) is 0 Å². The summed E-state index contributed by atoms with van der Waals surface area (Å²) >= 11 is 0. The van der Waals surface area contributed by atoms with Gasteiger partial charge in [-0.05, 0) is 49.3 Å². The van der Waals surface area contributed by atoms with Crippen LogP contribution in [-0.2, 0) is 23.9 Å². The fourth-order valence-corrected chi connectivity index (χ4v) is 6.88. The van der Waals surface area contributed by atoms with Gasteiger partial charge < -0.3 is 25.0 Å². The van der Waals surface area contributed by atoms with Crippen molar-refractivity contribution in [2.24, 2.45) is 23.7 Å². The number of benzene rings is 1. The zero-order chi connectivity index (χ0) is 26.3. The van der Waals surface area contributed by atoms with E-state index >= 15 is 0 Å². The Morgan fingerprint density at radius 2 is 2.03 bits per heavy atom. The smallest absolute Gasteiger partial charge is 0.246 e. The molecule has 8 atom stereocenters. The van der Waals surface area contributed by atoms with E-state index in [2.05, 4.69) is 24.5 Å². The molecule has 3 heterocycles. The number of aryl methyl sites for hydroxylation is 1. The molecule has 3 amide bonds. The number of ether oxygens (including phenoxy) is 2. The highest BCUT2D eigenvalue weighted by molar-refractivity contribution is 6.02. The van der Waals surface area contributed by atoms with E-state index in [1.165, 1.54) is 0 Å². The minimum Gasteiger partial charge on any atom is -0.385 e. The number of carbonyl (C=O) groups is 3. The molecule has 5 rings (SSSR count). The molecule has 1 spiro atoms. The van der Waals surface area contributed by atoms with Gasteiger partial charge in [0.05, 0.1) is 17.9 Å². The number of hydrogen-bond donors (Lipinski definition) is 2. The Hall–Kier alpha value is -2.71. The van der Waals surface area contributed by atoms with Gasteiger partial charge in [0, 0.05) is 32.0 Å². The van der Waals surface area contributed by atoms with Crippen LogP contribution < -0.4 is 10.6 Å². The number of nitrogens with one attached hydrogen (secondary N) is 2. The molecule has 3 fully saturated rings. The van der Waals surface area contributed by atoms with E-state index in [9.17, 15) is 14.4 Å². The molecule has 2 N–H and O–H groups in total. The second-order valence-corrected chi connectivity index (χ2v) is 11.3. The molecule has 1 aromatic rings. The molecular weight excluding hydrogens is 470 g/mol. The molecule has 1 aromatic carbocycles. The van der Waals surface area contributed by atoms with Crippen molar-refractivity contribution in [2.75, 3.05) is 25.6 Å². The van der Waals surface area contributed by atoms with Gasteiger partial charge in [-0.25, -0.2) is 0 Å². The Morgan fingerprint density at radius 3 is 2.78 bits per heavy atom. The van der Waals surface area contributed by atoms with Crippen molar-refractivity contribution < 1.29 is 23.9 Å². The topological polar surface area (TPSA) is 97.0 Å². The van der Waals surface area contributed by atoms with E-state index < -0.39 is 29.6 Å². The first-order chi connectivity index (χ1) is 17.8. The van der Waals surface area contributed by atoms with E-state index in [0.29, 0.717) is 37.1 Å². The maximum absolute atomic E-state index is 13.9. The summed E-state index contributed by atoms with van der Waals surface area (Å²) in [4.78, 5) is 43.0. The Bertz CT molecular complexity index is 1090. The number of fused-ring (bicyclic) bond motifs is 1. The van der Waals surface area contributed by atoms with Crippen molar-refractivity contribution in [2.45, 2.75) is 70.2 Å². The van der Waals surface area contributed by atoms with Crippen LogP contribution in [0.25, 0.3) is 0 Å². The average molecular weight is 510 g/mol. The maximum Gasteiger partial charge on any atom is 0.246 e. The lowest BCUT2D eigenvalue weighted by molar-refractivity contribution is -0.141. The predicted molar refractivity (Wildman–Crippen MR) is 140 cm³/mol. The van der Waals surface area contributed by atoms with Crippen molar-refractivity contribution in [1.82, 2.24) is 10.2 Å². The van der Waals surface area contributed by atoms with Crippen LogP contribution in [0, 0.1) is 30.6 Å². The molecule has 8 heteroatoms. The molecule has 0 aromatic heterocycles. The summed E-state index contributed by atoms with van der Waals surface area (Å²) < 4.78 is 11.7. The van der Waals surface area contributed by atoms with E-state index in [0.717, 1.165) is 24.8 Å².